The summed E-state index contributed by atoms with van der Waals surface area (Å²) in [6.45, 7) is 3.92. The molecule has 1 aliphatic carbocycles. The van der Waals surface area contributed by atoms with Crippen molar-refractivity contribution in [2.24, 2.45) is 5.41 Å². The Bertz CT molecular complexity index is 672. The summed E-state index contributed by atoms with van der Waals surface area (Å²) < 4.78 is 14.4. The molecule has 24 heavy (non-hydrogen) atoms. The molecule has 1 saturated carbocycles. The van der Waals surface area contributed by atoms with Crippen LogP contribution in [0.4, 0.5) is 4.39 Å². The number of nitrogens with one attached hydrogen (secondary N) is 1. The predicted octanol–water partition coefficient (Wildman–Crippen LogP) is 1.79. The number of carbonyl (C=O) groups is 1. The van der Waals surface area contributed by atoms with Crippen molar-refractivity contribution in [2.45, 2.75) is 38.3 Å². The molecular formula is C18H24FN3O2. The number of halogens is 1. The number of hydrogen-bond acceptors (Lipinski definition) is 4. The summed E-state index contributed by atoms with van der Waals surface area (Å²) in [4.78, 5) is 16.3. The Kier molecular flexibility index (Phi) is 3.86. The van der Waals surface area contributed by atoms with Crippen LogP contribution in [0.1, 0.15) is 40.7 Å². The van der Waals surface area contributed by atoms with Gasteiger partial charge in [0.1, 0.15) is 5.82 Å². The van der Waals surface area contributed by atoms with Gasteiger partial charge in [0, 0.05) is 36.8 Å². The third-order valence-corrected chi connectivity index (χ3v) is 6.16. The van der Waals surface area contributed by atoms with Crippen LogP contribution in [0.5, 0.6) is 0 Å². The fourth-order valence-electron chi connectivity index (χ4n) is 4.84. The van der Waals surface area contributed by atoms with E-state index in [2.05, 4.69) is 16.8 Å². The zero-order chi connectivity index (χ0) is 16.9. The molecule has 130 valence electrons. The van der Waals surface area contributed by atoms with Crippen molar-refractivity contribution in [3.05, 3.63) is 34.6 Å². The van der Waals surface area contributed by atoms with Crippen LogP contribution in [0, 0.1) is 11.2 Å². The maximum absolute atomic E-state index is 14.4. The van der Waals surface area contributed by atoms with Gasteiger partial charge in [-0.3, -0.25) is 14.9 Å². The lowest BCUT2D eigenvalue weighted by atomic mass is 9.64. The molecule has 2 heterocycles. The number of hydroxylamine groups is 1. The molecule has 1 aromatic carbocycles. The first-order chi connectivity index (χ1) is 11.5. The molecule has 2 aliphatic heterocycles. The molecular weight excluding hydrogens is 309 g/mol. The Morgan fingerprint density at radius 1 is 1.38 bits per heavy atom. The summed E-state index contributed by atoms with van der Waals surface area (Å²) >= 11 is 0. The zero-order valence-corrected chi connectivity index (χ0v) is 14.0. The van der Waals surface area contributed by atoms with Gasteiger partial charge in [-0.05, 0) is 62.4 Å². The maximum atomic E-state index is 14.4. The topological polar surface area (TPSA) is 55.8 Å². The van der Waals surface area contributed by atoms with Crippen molar-refractivity contribution < 1.29 is 14.4 Å². The van der Waals surface area contributed by atoms with Crippen LogP contribution in [-0.2, 0) is 13.0 Å². The minimum absolute atomic E-state index is 0.179. The molecule has 6 heteroatoms. The second-order valence-electron chi connectivity index (χ2n) is 7.81. The molecule has 1 spiro atoms. The van der Waals surface area contributed by atoms with Gasteiger partial charge in [0.05, 0.1) is 0 Å². The number of amides is 1. The lowest BCUT2D eigenvalue weighted by Gasteiger charge is -2.51. The summed E-state index contributed by atoms with van der Waals surface area (Å²) in [6.07, 6.45) is 4.49. The highest BCUT2D eigenvalue weighted by atomic mass is 19.1. The van der Waals surface area contributed by atoms with E-state index in [1.165, 1.54) is 38.4 Å². The molecule has 0 atom stereocenters. The molecule has 2 N–H and O–H groups in total. The van der Waals surface area contributed by atoms with Gasteiger partial charge in [-0.25, -0.2) is 9.87 Å². The van der Waals surface area contributed by atoms with Crippen molar-refractivity contribution >= 4 is 5.91 Å². The molecule has 1 saturated heterocycles. The van der Waals surface area contributed by atoms with Crippen LogP contribution in [0.25, 0.3) is 0 Å². The fraction of sp³-hybridized carbons (Fsp3) is 0.611. The summed E-state index contributed by atoms with van der Waals surface area (Å²) in [6, 6.07) is 3.49. The summed E-state index contributed by atoms with van der Waals surface area (Å²) in [5.74, 6) is -1.00. The normalized spacial score (nSPS) is 30.2. The van der Waals surface area contributed by atoms with Crippen molar-refractivity contribution in [1.82, 2.24) is 15.3 Å². The van der Waals surface area contributed by atoms with Gasteiger partial charge in [-0.1, -0.05) is 0 Å². The van der Waals surface area contributed by atoms with Gasteiger partial charge in [0.2, 0.25) is 0 Å². The van der Waals surface area contributed by atoms with E-state index in [1.54, 1.807) is 11.5 Å². The van der Waals surface area contributed by atoms with Crippen LogP contribution in [-0.4, -0.2) is 53.6 Å². The lowest BCUT2D eigenvalue weighted by Crippen LogP contribution is -2.53. The summed E-state index contributed by atoms with van der Waals surface area (Å²) in [5.41, 5.74) is 3.85. The van der Waals surface area contributed by atoms with E-state index in [4.69, 9.17) is 5.21 Å². The number of nitrogens with zero attached hydrogens (tertiary/aromatic N) is 2. The first kappa shape index (κ1) is 16.0. The fourth-order valence-corrected chi connectivity index (χ4v) is 4.84. The number of benzene rings is 1. The van der Waals surface area contributed by atoms with Gasteiger partial charge < -0.3 is 4.90 Å². The Morgan fingerprint density at radius 2 is 2.17 bits per heavy atom. The Balaban J connectivity index is 1.46. The number of fused-ring (bicyclic) bond motifs is 1. The van der Waals surface area contributed by atoms with Crippen LogP contribution in [0.3, 0.4) is 0 Å². The van der Waals surface area contributed by atoms with Crippen LogP contribution in [0.15, 0.2) is 12.1 Å². The molecule has 0 radical (unpaired) electrons. The zero-order valence-electron chi connectivity index (χ0n) is 14.0. The van der Waals surface area contributed by atoms with E-state index in [1.807, 2.05) is 0 Å². The highest BCUT2D eigenvalue weighted by Gasteiger charge is 2.49. The summed E-state index contributed by atoms with van der Waals surface area (Å²) in [5, 5.41) is 8.72. The Morgan fingerprint density at radius 3 is 2.83 bits per heavy atom. The second kappa shape index (κ2) is 5.79. The van der Waals surface area contributed by atoms with Crippen molar-refractivity contribution in [3.8, 4) is 0 Å². The molecule has 3 aliphatic rings. The second-order valence-corrected chi connectivity index (χ2v) is 7.81. The quantitative estimate of drug-likeness (QED) is 0.640. The largest absolute Gasteiger partial charge is 0.306 e. The predicted molar refractivity (Wildman–Crippen MR) is 87.3 cm³/mol. The van der Waals surface area contributed by atoms with E-state index in [0.29, 0.717) is 23.6 Å². The van der Waals surface area contributed by atoms with Crippen molar-refractivity contribution in [1.29, 1.82) is 0 Å². The number of rotatable bonds is 2. The third-order valence-electron chi connectivity index (χ3n) is 6.16. The molecule has 1 amide bonds. The van der Waals surface area contributed by atoms with Crippen LogP contribution in [0.2, 0.25) is 0 Å². The van der Waals surface area contributed by atoms with E-state index >= 15 is 0 Å². The molecule has 2 fully saturated rings. The summed E-state index contributed by atoms with van der Waals surface area (Å²) in [7, 11) is 2.19. The number of carbonyl (C=O) groups excluding carboxylic acids is 1. The van der Waals surface area contributed by atoms with Gasteiger partial charge in [0.15, 0.2) is 0 Å². The standard InChI is InChI=1S/C18H24FN3O2/c1-21-5-3-18(11-21)8-14(9-18)22-4-2-12-6-13(17(23)20-24)7-16(19)15(12)10-22/h6-7,14,24H,2-5,8-11H2,1H3,(H,20,23). The van der Waals surface area contributed by atoms with Crippen LogP contribution < -0.4 is 5.48 Å². The third kappa shape index (κ3) is 2.62. The average Bonchev–Trinajstić information content (AvgIpc) is 2.94. The minimum atomic E-state index is -0.662. The van der Waals surface area contributed by atoms with E-state index < -0.39 is 5.91 Å². The first-order valence-corrected chi connectivity index (χ1v) is 8.68. The molecule has 0 aromatic heterocycles. The van der Waals surface area contributed by atoms with Crippen molar-refractivity contribution in [3.63, 3.8) is 0 Å². The highest BCUT2D eigenvalue weighted by Crippen LogP contribution is 2.50. The van der Waals surface area contributed by atoms with Crippen molar-refractivity contribution in [2.75, 3.05) is 26.7 Å². The number of likely N-dealkylation sites (tertiary alicyclic amines) is 1. The molecule has 0 unspecified atom stereocenters. The SMILES string of the molecule is CN1CCC2(CC(N3CCc4cc(C(=O)NO)cc(F)c4C3)C2)C1. The molecule has 4 rings (SSSR count). The maximum Gasteiger partial charge on any atom is 0.274 e. The van der Waals surface area contributed by atoms with Crippen LogP contribution >= 0.6 is 0 Å². The minimum Gasteiger partial charge on any atom is -0.306 e. The van der Waals surface area contributed by atoms with E-state index in [9.17, 15) is 9.18 Å². The average molecular weight is 333 g/mol. The first-order valence-electron chi connectivity index (χ1n) is 8.68. The van der Waals surface area contributed by atoms with Gasteiger partial charge >= 0.3 is 0 Å². The molecule has 0 bridgehead atoms. The monoisotopic (exact) mass is 333 g/mol. The van der Waals surface area contributed by atoms with Gasteiger partial charge in [-0.15, -0.1) is 0 Å². The number of hydrogen-bond donors (Lipinski definition) is 2. The smallest absolute Gasteiger partial charge is 0.274 e. The highest BCUT2D eigenvalue weighted by molar-refractivity contribution is 5.93. The van der Waals surface area contributed by atoms with Gasteiger partial charge in [0.25, 0.3) is 5.91 Å². The molecule has 5 nitrogen and oxygen atoms in total. The Labute approximate surface area is 141 Å². The Hall–Kier alpha value is -1.50. The van der Waals surface area contributed by atoms with Gasteiger partial charge in [-0.2, -0.15) is 0 Å². The van der Waals surface area contributed by atoms with E-state index in [-0.39, 0.29) is 11.4 Å². The van der Waals surface area contributed by atoms with E-state index in [0.717, 1.165) is 18.5 Å². The lowest BCUT2D eigenvalue weighted by molar-refractivity contribution is 0.000528. The molecule has 1 aromatic rings.